The number of urea groups is 1. The van der Waals surface area contributed by atoms with E-state index in [-0.39, 0.29) is 25.3 Å². The number of amides is 2. The summed E-state index contributed by atoms with van der Waals surface area (Å²) >= 11 is 0. The number of alkyl halides is 4. The van der Waals surface area contributed by atoms with Crippen LogP contribution in [0.1, 0.15) is 18.4 Å². The number of halogens is 4. The summed E-state index contributed by atoms with van der Waals surface area (Å²) in [5, 5.41) is 4.93. The Morgan fingerprint density at radius 2 is 2.05 bits per heavy atom. The van der Waals surface area contributed by atoms with Crippen LogP contribution in [0, 0.1) is 0 Å². The number of aromatic nitrogens is 1. The number of carbonyl (C=O) groups excluding carboxylic acids is 1. The average molecular weight is 321 g/mol. The molecular weight excluding hydrogens is 306 g/mol. The number of hydrogen-bond acceptors (Lipinski definition) is 3. The van der Waals surface area contributed by atoms with Gasteiger partial charge in [0, 0.05) is 37.7 Å². The first-order valence-electron chi connectivity index (χ1n) is 6.66. The van der Waals surface area contributed by atoms with Crippen LogP contribution in [0.2, 0.25) is 0 Å². The Morgan fingerprint density at radius 3 is 2.68 bits per heavy atom. The van der Waals surface area contributed by atoms with Crippen molar-refractivity contribution in [2.24, 2.45) is 0 Å². The summed E-state index contributed by atoms with van der Waals surface area (Å²) in [5.41, 5.74) is 0.499. The zero-order valence-electron chi connectivity index (χ0n) is 11.4. The molecule has 9 heteroatoms. The first-order valence-corrected chi connectivity index (χ1v) is 6.66. The molecular formula is C13H15F4N3O2. The summed E-state index contributed by atoms with van der Waals surface area (Å²) in [6.45, 7) is -2.94. The summed E-state index contributed by atoms with van der Waals surface area (Å²) in [6.07, 6.45) is -1.96. The Hall–Kier alpha value is -2.06. The number of carbonyl (C=O) groups is 1. The monoisotopic (exact) mass is 321 g/mol. The van der Waals surface area contributed by atoms with Gasteiger partial charge in [-0.15, -0.1) is 0 Å². The lowest BCUT2D eigenvalue weighted by molar-refractivity contribution is -0.0529. The number of nitrogens with zero attached hydrogens (tertiary/aromatic N) is 1. The van der Waals surface area contributed by atoms with E-state index < -0.39 is 31.0 Å². The Labute approximate surface area is 124 Å². The SMILES string of the molecule is O=C(NCc1ccnc(OC(F)F)c1)NC1C[C@@H](F)[C@@H](F)C1. The van der Waals surface area contributed by atoms with E-state index in [9.17, 15) is 22.4 Å². The molecule has 0 bridgehead atoms. The topological polar surface area (TPSA) is 63.2 Å². The van der Waals surface area contributed by atoms with Crippen LogP contribution < -0.4 is 15.4 Å². The number of hydrogen-bond donors (Lipinski definition) is 2. The molecule has 0 spiro atoms. The second-order valence-electron chi connectivity index (χ2n) is 4.91. The first-order chi connectivity index (χ1) is 10.4. The third-order valence-electron chi connectivity index (χ3n) is 3.21. The lowest BCUT2D eigenvalue weighted by Crippen LogP contribution is -2.40. The maximum Gasteiger partial charge on any atom is 0.388 e. The Bertz CT molecular complexity index is 508. The summed E-state index contributed by atoms with van der Waals surface area (Å²) < 4.78 is 54.2. The molecule has 122 valence electrons. The Morgan fingerprint density at radius 1 is 1.36 bits per heavy atom. The molecule has 5 nitrogen and oxygen atoms in total. The van der Waals surface area contributed by atoms with Gasteiger partial charge in [0.15, 0.2) is 0 Å². The highest BCUT2D eigenvalue weighted by molar-refractivity contribution is 5.74. The number of pyridine rings is 1. The predicted octanol–water partition coefficient (Wildman–Crippen LogP) is 2.32. The van der Waals surface area contributed by atoms with Gasteiger partial charge in [0.25, 0.3) is 0 Å². The highest BCUT2D eigenvalue weighted by Gasteiger charge is 2.35. The molecule has 0 aromatic carbocycles. The smallest absolute Gasteiger partial charge is 0.388 e. The lowest BCUT2D eigenvalue weighted by Gasteiger charge is -2.13. The van der Waals surface area contributed by atoms with Crippen LogP contribution in [-0.4, -0.2) is 36.0 Å². The fraction of sp³-hybridized carbons (Fsp3) is 0.538. The van der Waals surface area contributed by atoms with Crippen LogP contribution in [0.25, 0.3) is 0 Å². The van der Waals surface area contributed by atoms with Gasteiger partial charge >= 0.3 is 12.6 Å². The summed E-state index contributed by atoms with van der Waals surface area (Å²) in [6, 6.07) is 1.64. The van der Waals surface area contributed by atoms with Crippen molar-refractivity contribution in [1.29, 1.82) is 0 Å². The highest BCUT2D eigenvalue weighted by Crippen LogP contribution is 2.25. The number of ether oxygens (including phenoxy) is 1. The summed E-state index contributed by atoms with van der Waals surface area (Å²) in [5.74, 6) is -0.258. The van der Waals surface area contributed by atoms with Gasteiger partial charge in [0.05, 0.1) is 0 Å². The van der Waals surface area contributed by atoms with Gasteiger partial charge in [-0.1, -0.05) is 0 Å². The maximum atomic E-state index is 13.0. The summed E-state index contributed by atoms with van der Waals surface area (Å²) in [4.78, 5) is 15.2. The van der Waals surface area contributed by atoms with Crippen LogP contribution in [0.4, 0.5) is 22.4 Å². The molecule has 22 heavy (non-hydrogen) atoms. The van der Waals surface area contributed by atoms with Crippen molar-refractivity contribution in [1.82, 2.24) is 15.6 Å². The van der Waals surface area contributed by atoms with Gasteiger partial charge in [-0.3, -0.25) is 0 Å². The fourth-order valence-electron chi connectivity index (χ4n) is 2.19. The van der Waals surface area contributed by atoms with Crippen LogP contribution in [0.3, 0.4) is 0 Å². The van der Waals surface area contributed by atoms with Crippen LogP contribution in [-0.2, 0) is 6.54 Å². The van der Waals surface area contributed by atoms with Crippen molar-refractivity contribution in [2.45, 2.75) is 44.4 Å². The van der Waals surface area contributed by atoms with Crippen molar-refractivity contribution in [3.05, 3.63) is 23.9 Å². The van der Waals surface area contributed by atoms with Crippen LogP contribution in [0.5, 0.6) is 5.88 Å². The lowest BCUT2D eigenvalue weighted by atomic mass is 10.2. The standard InChI is InChI=1S/C13H15F4N3O2/c14-9-4-8(5-10(9)15)20-13(21)19-6-7-1-2-18-11(3-7)22-12(16)17/h1-3,8-10,12H,4-6H2,(H2,19,20,21)/t8?,9-,10+. The van der Waals surface area contributed by atoms with E-state index in [0.29, 0.717) is 5.56 Å². The molecule has 1 aliphatic rings. The molecule has 0 radical (unpaired) electrons. The van der Waals surface area contributed by atoms with Gasteiger partial charge in [0.2, 0.25) is 5.88 Å². The van der Waals surface area contributed by atoms with Crippen molar-refractivity contribution in [3.63, 3.8) is 0 Å². The molecule has 1 aromatic heterocycles. The third-order valence-corrected chi connectivity index (χ3v) is 3.21. The van der Waals surface area contributed by atoms with Crippen molar-refractivity contribution in [3.8, 4) is 5.88 Å². The molecule has 1 aliphatic carbocycles. The maximum absolute atomic E-state index is 13.0. The highest BCUT2D eigenvalue weighted by atomic mass is 19.3. The second-order valence-corrected chi connectivity index (χ2v) is 4.91. The zero-order chi connectivity index (χ0) is 16.1. The Balaban J connectivity index is 1.79. The van der Waals surface area contributed by atoms with Gasteiger partial charge in [-0.25, -0.2) is 18.6 Å². The van der Waals surface area contributed by atoms with Gasteiger partial charge in [-0.05, 0) is 11.6 Å². The van der Waals surface area contributed by atoms with E-state index in [1.807, 2.05) is 0 Å². The van der Waals surface area contributed by atoms with Crippen LogP contribution in [0.15, 0.2) is 18.3 Å². The minimum atomic E-state index is -2.98. The molecule has 2 rings (SSSR count). The molecule has 2 amide bonds. The molecule has 2 N–H and O–H groups in total. The van der Waals surface area contributed by atoms with Crippen LogP contribution >= 0.6 is 0 Å². The van der Waals surface area contributed by atoms with E-state index in [1.165, 1.54) is 18.3 Å². The van der Waals surface area contributed by atoms with E-state index in [1.54, 1.807) is 0 Å². The molecule has 1 unspecified atom stereocenters. The molecule has 1 saturated carbocycles. The minimum absolute atomic E-state index is 0.0405. The minimum Gasteiger partial charge on any atom is -0.417 e. The number of rotatable bonds is 5. The molecule has 0 aliphatic heterocycles. The molecule has 1 fully saturated rings. The van der Waals surface area contributed by atoms with E-state index >= 15 is 0 Å². The van der Waals surface area contributed by atoms with E-state index in [0.717, 1.165) is 0 Å². The van der Waals surface area contributed by atoms with Crippen molar-refractivity contribution >= 4 is 6.03 Å². The third kappa shape index (κ3) is 4.74. The fourth-order valence-corrected chi connectivity index (χ4v) is 2.19. The Kier molecular flexibility index (Phi) is 5.40. The van der Waals surface area contributed by atoms with E-state index in [2.05, 4.69) is 20.4 Å². The molecule has 0 saturated heterocycles. The van der Waals surface area contributed by atoms with E-state index in [4.69, 9.17) is 0 Å². The average Bonchev–Trinajstić information content (AvgIpc) is 2.74. The summed E-state index contributed by atoms with van der Waals surface area (Å²) in [7, 11) is 0. The quantitative estimate of drug-likeness (QED) is 0.818. The molecule has 1 heterocycles. The predicted molar refractivity (Wildman–Crippen MR) is 69.1 cm³/mol. The van der Waals surface area contributed by atoms with Gasteiger partial charge in [0.1, 0.15) is 12.3 Å². The van der Waals surface area contributed by atoms with Gasteiger partial charge < -0.3 is 15.4 Å². The molecule has 3 atom stereocenters. The zero-order valence-corrected chi connectivity index (χ0v) is 11.4. The number of nitrogens with one attached hydrogen (secondary N) is 2. The largest absolute Gasteiger partial charge is 0.417 e. The van der Waals surface area contributed by atoms with Crippen molar-refractivity contribution in [2.75, 3.05) is 0 Å². The second kappa shape index (κ2) is 7.28. The normalized spacial score (nSPS) is 24.3. The van der Waals surface area contributed by atoms with Gasteiger partial charge in [-0.2, -0.15) is 8.78 Å². The molecule has 1 aromatic rings. The van der Waals surface area contributed by atoms with Crippen molar-refractivity contribution < 1.29 is 27.1 Å². The first kappa shape index (κ1) is 16.3.